The highest BCUT2D eigenvalue weighted by atomic mass is 32.2. The Morgan fingerprint density at radius 3 is 2.38 bits per heavy atom. The molecule has 154 valence electrons. The lowest BCUT2D eigenvalue weighted by atomic mass is 10.1. The Kier molecular flexibility index (Phi) is 6.63. The number of anilines is 1. The molecule has 1 amide bonds. The maximum Gasteiger partial charge on any atom is 0.267 e. The Morgan fingerprint density at radius 2 is 1.72 bits per heavy atom. The van der Waals surface area contributed by atoms with Gasteiger partial charge in [-0.15, -0.1) is 0 Å². The van der Waals surface area contributed by atoms with Gasteiger partial charge in [0.2, 0.25) is 10.0 Å². The number of hydrogen-bond acceptors (Lipinski definition) is 5. The molecular formula is C20H22FN3O4S. The summed E-state index contributed by atoms with van der Waals surface area (Å²) in [6.07, 6.45) is 2.82. The molecule has 0 bridgehead atoms. The molecule has 0 saturated carbocycles. The van der Waals surface area contributed by atoms with Crippen LogP contribution in [0.5, 0.6) is 0 Å². The minimum atomic E-state index is -3.50. The van der Waals surface area contributed by atoms with Crippen LogP contribution in [-0.4, -0.2) is 50.0 Å². The van der Waals surface area contributed by atoms with Crippen molar-refractivity contribution in [3.05, 3.63) is 71.6 Å². The van der Waals surface area contributed by atoms with E-state index in [4.69, 9.17) is 5.21 Å². The molecule has 0 aliphatic carbocycles. The second-order valence-corrected chi connectivity index (χ2v) is 8.61. The number of amides is 1. The Balaban J connectivity index is 1.67. The SMILES string of the molecule is O=C(/C=C/c1ccccc1N1CCN(S(=O)(=O)Cc2ccc(F)cc2)CC1)NO. The van der Waals surface area contributed by atoms with Gasteiger partial charge in [0.05, 0.1) is 5.75 Å². The molecule has 2 N–H and O–H groups in total. The van der Waals surface area contributed by atoms with E-state index in [1.165, 1.54) is 34.6 Å². The number of halogens is 1. The van der Waals surface area contributed by atoms with Crippen molar-refractivity contribution in [2.24, 2.45) is 0 Å². The van der Waals surface area contributed by atoms with Gasteiger partial charge in [-0.25, -0.2) is 18.3 Å². The van der Waals surface area contributed by atoms with Crippen LogP contribution in [0.2, 0.25) is 0 Å². The Morgan fingerprint density at radius 1 is 1.07 bits per heavy atom. The molecule has 0 aromatic heterocycles. The number of nitrogens with zero attached hydrogens (tertiary/aromatic N) is 2. The largest absolute Gasteiger partial charge is 0.368 e. The number of nitrogens with one attached hydrogen (secondary N) is 1. The number of para-hydroxylation sites is 1. The summed E-state index contributed by atoms with van der Waals surface area (Å²) in [5, 5.41) is 8.61. The zero-order valence-corrected chi connectivity index (χ0v) is 16.5. The Labute approximate surface area is 169 Å². The number of hydroxylamine groups is 1. The molecule has 2 aromatic rings. The van der Waals surface area contributed by atoms with E-state index in [2.05, 4.69) is 4.90 Å². The van der Waals surface area contributed by atoms with Crippen molar-refractivity contribution < 1.29 is 22.8 Å². The fourth-order valence-corrected chi connectivity index (χ4v) is 4.72. The third-order valence-electron chi connectivity index (χ3n) is 4.70. The van der Waals surface area contributed by atoms with Crippen LogP contribution in [-0.2, 0) is 20.6 Å². The van der Waals surface area contributed by atoms with E-state index in [1.54, 1.807) is 11.6 Å². The quantitative estimate of drug-likeness (QED) is 0.425. The number of carbonyl (C=O) groups is 1. The average Bonchev–Trinajstić information content (AvgIpc) is 2.74. The van der Waals surface area contributed by atoms with Crippen LogP contribution in [0, 0.1) is 5.82 Å². The predicted octanol–water partition coefficient (Wildman–Crippen LogP) is 2.00. The van der Waals surface area contributed by atoms with Crippen LogP contribution in [0.25, 0.3) is 6.08 Å². The molecule has 7 nitrogen and oxygen atoms in total. The molecule has 3 rings (SSSR count). The summed E-state index contributed by atoms with van der Waals surface area (Å²) >= 11 is 0. The van der Waals surface area contributed by atoms with Gasteiger partial charge in [-0.3, -0.25) is 10.0 Å². The molecular weight excluding hydrogens is 397 g/mol. The molecule has 0 radical (unpaired) electrons. The third kappa shape index (κ3) is 5.41. The molecule has 2 aromatic carbocycles. The van der Waals surface area contributed by atoms with Gasteiger partial charge in [0.15, 0.2) is 0 Å². The predicted molar refractivity (Wildman–Crippen MR) is 108 cm³/mol. The normalized spacial score (nSPS) is 15.6. The Bertz CT molecular complexity index is 985. The molecule has 0 unspecified atom stereocenters. The number of piperazine rings is 1. The zero-order valence-electron chi connectivity index (χ0n) is 15.7. The summed E-state index contributed by atoms with van der Waals surface area (Å²) in [6.45, 7) is 1.66. The van der Waals surface area contributed by atoms with Crippen molar-refractivity contribution in [3.63, 3.8) is 0 Å². The van der Waals surface area contributed by atoms with Gasteiger partial charge in [0.25, 0.3) is 5.91 Å². The van der Waals surface area contributed by atoms with Gasteiger partial charge in [-0.2, -0.15) is 4.31 Å². The van der Waals surface area contributed by atoms with E-state index in [0.717, 1.165) is 11.3 Å². The number of carbonyl (C=O) groups excluding carboxylic acids is 1. The van der Waals surface area contributed by atoms with E-state index in [0.29, 0.717) is 31.7 Å². The summed E-state index contributed by atoms with van der Waals surface area (Å²) in [5.74, 6) is -1.19. The monoisotopic (exact) mass is 419 g/mol. The first-order chi connectivity index (χ1) is 13.9. The summed E-state index contributed by atoms with van der Waals surface area (Å²) in [4.78, 5) is 13.3. The number of sulfonamides is 1. The minimum absolute atomic E-state index is 0.164. The molecule has 1 aliphatic heterocycles. The second-order valence-electron chi connectivity index (χ2n) is 6.64. The zero-order chi connectivity index (χ0) is 20.9. The minimum Gasteiger partial charge on any atom is -0.368 e. The lowest BCUT2D eigenvalue weighted by Gasteiger charge is -2.36. The number of rotatable bonds is 6. The molecule has 29 heavy (non-hydrogen) atoms. The fraction of sp³-hybridized carbons (Fsp3) is 0.250. The van der Waals surface area contributed by atoms with Crippen LogP contribution in [0.1, 0.15) is 11.1 Å². The molecule has 0 spiro atoms. The van der Waals surface area contributed by atoms with E-state index in [1.807, 2.05) is 24.3 Å². The van der Waals surface area contributed by atoms with Gasteiger partial charge in [0, 0.05) is 37.9 Å². The molecule has 1 saturated heterocycles. The van der Waals surface area contributed by atoms with Crippen molar-refractivity contribution in [2.75, 3.05) is 31.1 Å². The van der Waals surface area contributed by atoms with E-state index < -0.39 is 21.7 Å². The lowest BCUT2D eigenvalue weighted by Crippen LogP contribution is -2.49. The highest BCUT2D eigenvalue weighted by molar-refractivity contribution is 7.88. The highest BCUT2D eigenvalue weighted by Gasteiger charge is 2.27. The van der Waals surface area contributed by atoms with Crippen molar-refractivity contribution in [2.45, 2.75) is 5.75 Å². The average molecular weight is 419 g/mol. The van der Waals surface area contributed by atoms with Gasteiger partial charge in [0.1, 0.15) is 5.82 Å². The maximum atomic E-state index is 13.0. The Hall–Kier alpha value is -2.75. The number of hydrogen-bond donors (Lipinski definition) is 2. The summed E-state index contributed by atoms with van der Waals surface area (Å²) in [6, 6.07) is 12.9. The van der Waals surface area contributed by atoms with Gasteiger partial charge >= 0.3 is 0 Å². The van der Waals surface area contributed by atoms with Crippen molar-refractivity contribution in [3.8, 4) is 0 Å². The smallest absolute Gasteiger partial charge is 0.267 e. The molecule has 9 heteroatoms. The third-order valence-corrected chi connectivity index (χ3v) is 6.55. The van der Waals surface area contributed by atoms with Crippen molar-refractivity contribution in [1.82, 2.24) is 9.79 Å². The van der Waals surface area contributed by atoms with Gasteiger partial charge in [-0.05, 0) is 35.4 Å². The van der Waals surface area contributed by atoms with Crippen LogP contribution in [0.4, 0.5) is 10.1 Å². The molecule has 1 heterocycles. The summed E-state index contributed by atoms with van der Waals surface area (Å²) < 4.78 is 39.9. The molecule has 1 aliphatic rings. The van der Waals surface area contributed by atoms with Crippen LogP contribution >= 0.6 is 0 Å². The number of benzene rings is 2. The van der Waals surface area contributed by atoms with Gasteiger partial charge in [-0.1, -0.05) is 30.3 Å². The van der Waals surface area contributed by atoms with E-state index in [9.17, 15) is 17.6 Å². The van der Waals surface area contributed by atoms with Crippen molar-refractivity contribution >= 4 is 27.7 Å². The van der Waals surface area contributed by atoms with Crippen molar-refractivity contribution in [1.29, 1.82) is 0 Å². The summed E-state index contributed by atoms with van der Waals surface area (Å²) in [7, 11) is -3.50. The first-order valence-corrected chi connectivity index (χ1v) is 10.7. The summed E-state index contributed by atoms with van der Waals surface area (Å²) in [5.41, 5.74) is 3.76. The highest BCUT2D eigenvalue weighted by Crippen LogP contribution is 2.24. The molecule has 0 atom stereocenters. The topological polar surface area (TPSA) is 90.0 Å². The van der Waals surface area contributed by atoms with Crippen LogP contribution in [0.15, 0.2) is 54.6 Å². The first kappa shape index (κ1) is 21.0. The maximum absolute atomic E-state index is 13.0. The fourth-order valence-electron chi connectivity index (χ4n) is 3.21. The van der Waals surface area contributed by atoms with Gasteiger partial charge < -0.3 is 4.90 Å². The molecule has 1 fully saturated rings. The van der Waals surface area contributed by atoms with Crippen LogP contribution < -0.4 is 10.4 Å². The second kappa shape index (κ2) is 9.17. The van der Waals surface area contributed by atoms with E-state index >= 15 is 0 Å². The standard InChI is InChI=1S/C20H22FN3O4S/c21-18-8-5-16(6-9-18)15-29(27,28)24-13-11-23(12-14-24)19-4-2-1-3-17(19)7-10-20(25)22-26/h1-10,26H,11-15H2,(H,22,25)/b10-7+. The van der Waals surface area contributed by atoms with Crippen LogP contribution in [0.3, 0.4) is 0 Å². The first-order valence-electron chi connectivity index (χ1n) is 9.07. The van der Waals surface area contributed by atoms with E-state index in [-0.39, 0.29) is 5.75 Å². The lowest BCUT2D eigenvalue weighted by molar-refractivity contribution is -0.124.